The van der Waals surface area contributed by atoms with Gasteiger partial charge in [-0.05, 0) is 0 Å². The van der Waals surface area contributed by atoms with Crippen LogP contribution >= 0.6 is 11.6 Å². The molecule has 0 saturated carbocycles. The van der Waals surface area contributed by atoms with E-state index in [1.807, 2.05) is 0 Å². The molecule has 0 spiro atoms. The summed E-state index contributed by atoms with van der Waals surface area (Å²) in [6, 6.07) is 3.51. The standard InChI is InChI=1S/C9H8ClN3O4/c1-9(5-10)11(14)7-3-2-6(13(16)17)4-8(7)12(9)15/h2-4H,5H2,1H3. The summed E-state index contributed by atoms with van der Waals surface area (Å²) in [6.07, 6.45) is 0. The van der Waals surface area contributed by atoms with E-state index in [9.17, 15) is 20.5 Å². The van der Waals surface area contributed by atoms with Crippen molar-refractivity contribution in [2.24, 2.45) is 0 Å². The normalized spacial score (nSPS) is 22.7. The Hall–Kier alpha value is -1.89. The number of nitro benzene ring substituents is 1. The Morgan fingerprint density at radius 3 is 2.47 bits per heavy atom. The zero-order chi connectivity index (χ0) is 12.8. The molecule has 90 valence electrons. The van der Waals surface area contributed by atoms with E-state index in [0.29, 0.717) is 9.48 Å². The lowest BCUT2D eigenvalue weighted by Gasteiger charge is -2.19. The maximum Gasteiger partial charge on any atom is 0.383 e. The highest BCUT2D eigenvalue weighted by molar-refractivity contribution is 6.18. The van der Waals surface area contributed by atoms with Gasteiger partial charge in [-0.15, -0.1) is 21.1 Å². The molecule has 0 radical (unpaired) electrons. The molecule has 0 amide bonds. The summed E-state index contributed by atoms with van der Waals surface area (Å²) in [5.74, 6) is -0.206. The predicted octanol–water partition coefficient (Wildman–Crippen LogP) is -0.459. The predicted molar refractivity (Wildman–Crippen MR) is 60.7 cm³/mol. The van der Waals surface area contributed by atoms with Crippen LogP contribution in [-0.2, 0) is 0 Å². The molecule has 0 bridgehead atoms. The lowest BCUT2D eigenvalue weighted by atomic mass is 10.3. The zero-order valence-electron chi connectivity index (χ0n) is 8.79. The number of nitrogens with zero attached hydrogens (tertiary/aromatic N) is 3. The highest BCUT2D eigenvalue weighted by Gasteiger charge is 2.47. The van der Waals surface area contributed by atoms with Gasteiger partial charge in [-0.1, -0.05) is 0 Å². The van der Waals surface area contributed by atoms with Crippen LogP contribution in [0.1, 0.15) is 6.92 Å². The van der Waals surface area contributed by atoms with Crippen molar-refractivity contribution >= 4 is 17.3 Å². The van der Waals surface area contributed by atoms with Crippen molar-refractivity contribution in [2.45, 2.75) is 12.6 Å². The molecule has 8 heteroatoms. The Kier molecular flexibility index (Phi) is 2.43. The Labute approximate surface area is 100 Å². The van der Waals surface area contributed by atoms with Gasteiger partial charge in [-0.3, -0.25) is 10.1 Å². The minimum absolute atomic E-state index is 0.0302. The van der Waals surface area contributed by atoms with Gasteiger partial charge in [0.2, 0.25) is 0 Å². The van der Waals surface area contributed by atoms with E-state index >= 15 is 0 Å². The third-order valence-corrected chi connectivity index (χ3v) is 3.24. The van der Waals surface area contributed by atoms with Gasteiger partial charge in [0.25, 0.3) is 16.4 Å². The van der Waals surface area contributed by atoms with Crippen LogP contribution in [0, 0.1) is 20.5 Å². The third kappa shape index (κ3) is 1.42. The van der Waals surface area contributed by atoms with Crippen molar-refractivity contribution in [3.05, 3.63) is 49.4 Å². The number of halogens is 1. The summed E-state index contributed by atoms with van der Waals surface area (Å²) >= 11 is 5.61. The smallest absolute Gasteiger partial charge is 0.383 e. The van der Waals surface area contributed by atoms with Crippen LogP contribution < -0.4 is 20.2 Å². The van der Waals surface area contributed by atoms with Crippen molar-refractivity contribution in [3.8, 4) is 0 Å². The molecule has 0 fully saturated rings. The summed E-state index contributed by atoms with van der Waals surface area (Å²) in [6.45, 7) is 1.38. The summed E-state index contributed by atoms with van der Waals surface area (Å²) in [4.78, 5) is 9.96. The van der Waals surface area contributed by atoms with Crippen LogP contribution in [0.4, 0.5) is 5.69 Å². The lowest BCUT2D eigenvalue weighted by Crippen LogP contribution is -2.50. The second-order valence-electron chi connectivity index (χ2n) is 3.87. The molecule has 1 atom stereocenters. The van der Waals surface area contributed by atoms with E-state index < -0.39 is 10.6 Å². The molecule has 1 aliphatic rings. The Morgan fingerprint density at radius 2 is 1.94 bits per heavy atom. The molecule has 7 nitrogen and oxygen atoms in total. The van der Waals surface area contributed by atoms with Crippen LogP contribution in [0.3, 0.4) is 0 Å². The van der Waals surface area contributed by atoms with E-state index in [4.69, 9.17) is 11.6 Å². The molecule has 1 aliphatic heterocycles. The average Bonchev–Trinajstić information content (AvgIpc) is 2.52. The molecular weight excluding hydrogens is 250 g/mol. The number of hydrogen-bond donors (Lipinski definition) is 0. The monoisotopic (exact) mass is 257 g/mol. The van der Waals surface area contributed by atoms with Crippen molar-refractivity contribution in [2.75, 3.05) is 5.88 Å². The lowest BCUT2D eigenvalue weighted by molar-refractivity contribution is -0.385. The SMILES string of the molecule is CC1(CCl)[N+]([O-])=c2ccc([N+](=O)[O-])cc2=[N+]1[O-]. The fraction of sp³-hybridized carbons (Fsp3) is 0.333. The van der Waals surface area contributed by atoms with E-state index in [2.05, 4.69) is 0 Å². The van der Waals surface area contributed by atoms with Crippen LogP contribution in [0.25, 0.3) is 0 Å². The number of hydroxylamine groups is 2. The summed E-state index contributed by atoms with van der Waals surface area (Å²) in [7, 11) is 0. The maximum atomic E-state index is 11.9. The molecule has 0 saturated heterocycles. The average molecular weight is 258 g/mol. The van der Waals surface area contributed by atoms with Crippen LogP contribution in [0.15, 0.2) is 18.2 Å². The number of fused-ring (bicyclic) bond motifs is 1. The van der Waals surface area contributed by atoms with E-state index in [1.54, 1.807) is 0 Å². The number of rotatable bonds is 2. The first-order valence-electron chi connectivity index (χ1n) is 4.71. The molecule has 2 rings (SSSR count). The molecule has 1 aromatic carbocycles. The van der Waals surface area contributed by atoms with E-state index in [1.165, 1.54) is 19.1 Å². The molecule has 17 heavy (non-hydrogen) atoms. The van der Waals surface area contributed by atoms with Gasteiger partial charge >= 0.3 is 5.66 Å². The fourth-order valence-corrected chi connectivity index (χ4v) is 1.89. The fourth-order valence-electron chi connectivity index (χ4n) is 1.67. The second kappa shape index (κ2) is 3.56. The quantitative estimate of drug-likeness (QED) is 0.235. The van der Waals surface area contributed by atoms with Crippen LogP contribution in [0.2, 0.25) is 0 Å². The first-order chi connectivity index (χ1) is 7.91. The number of nitro groups is 1. The minimum Gasteiger partial charge on any atom is -0.618 e. The number of hydrogen-bond acceptors (Lipinski definition) is 4. The van der Waals surface area contributed by atoms with Gasteiger partial charge in [0, 0.05) is 12.1 Å². The number of non-ortho nitro benzene ring substituents is 1. The first kappa shape index (κ1) is 11.6. The summed E-state index contributed by atoms with van der Waals surface area (Å²) in [5.41, 5.74) is -1.70. The van der Waals surface area contributed by atoms with Crippen molar-refractivity contribution in [1.82, 2.24) is 9.48 Å². The second-order valence-corrected chi connectivity index (χ2v) is 4.14. The van der Waals surface area contributed by atoms with Crippen LogP contribution in [0.5, 0.6) is 0 Å². The molecule has 0 N–H and O–H groups in total. The molecule has 1 unspecified atom stereocenters. The van der Waals surface area contributed by atoms with Gasteiger partial charge < -0.3 is 10.4 Å². The number of alkyl halides is 1. The maximum absolute atomic E-state index is 11.9. The largest absolute Gasteiger partial charge is 0.618 e. The van der Waals surface area contributed by atoms with Gasteiger partial charge in [-0.25, -0.2) is 0 Å². The summed E-state index contributed by atoms with van der Waals surface area (Å²) in [5, 5.41) is 34.4. The highest BCUT2D eigenvalue weighted by atomic mass is 35.5. The van der Waals surface area contributed by atoms with E-state index in [-0.39, 0.29) is 22.3 Å². The van der Waals surface area contributed by atoms with Crippen LogP contribution in [-0.4, -0.2) is 16.5 Å². The van der Waals surface area contributed by atoms with Crippen molar-refractivity contribution < 1.29 is 4.92 Å². The van der Waals surface area contributed by atoms with Gasteiger partial charge in [0.1, 0.15) is 0 Å². The topological polar surface area (TPSA) is 95.3 Å². The van der Waals surface area contributed by atoms with Crippen molar-refractivity contribution in [3.63, 3.8) is 0 Å². The molecule has 1 heterocycles. The molecular formula is C9H8ClN3O4. The molecule has 0 aliphatic carbocycles. The van der Waals surface area contributed by atoms with Crippen molar-refractivity contribution in [1.29, 1.82) is 0 Å². The minimum atomic E-state index is -1.46. The molecule has 1 aromatic rings. The van der Waals surface area contributed by atoms with Gasteiger partial charge in [-0.2, -0.15) is 0 Å². The Bertz CT molecular complexity index is 630. The van der Waals surface area contributed by atoms with Gasteiger partial charge in [0.15, 0.2) is 5.88 Å². The zero-order valence-corrected chi connectivity index (χ0v) is 9.55. The summed E-state index contributed by atoms with van der Waals surface area (Å²) < 4.78 is 0.890. The molecule has 0 aromatic heterocycles. The number of benzene rings is 1. The highest BCUT2D eigenvalue weighted by Crippen LogP contribution is 2.11. The first-order valence-corrected chi connectivity index (χ1v) is 5.24. The Morgan fingerprint density at radius 1 is 1.35 bits per heavy atom. The van der Waals surface area contributed by atoms with Gasteiger partial charge in [0.05, 0.1) is 17.9 Å². The third-order valence-electron chi connectivity index (χ3n) is 2.74. The Balaban J connectivity index is 2.84. The van der Waals surface area contributed by atoms with E-state index in [0.717, 1.165) is 6.07 Å².